The third-order valence-corrected chi connectivity index (χ3v) is 5.55. The lowest BCUT2D eigenvalue weighted by atomic mass is 9.95. The quantitative estimate of drug-likeness (QED) is 0.443. The maximum atomic E-state index is 10.8. The molecule has 3 nitrogen and oxygen atoms in total. The number of phenols is 3. The van der Waals surface area contributed by atoms with Crippen molar-refractivity contribution in [2.45, 2.75) is 19.8 Å². The average molecular weight is 478 g/mol. The summed E-state index contributed by atoms with van der Waals surface area (Å²) < 4.78 is 1.26. The molecular weight excluding hydrogens is 460 g/mol. The van der Waals surface area contributed by atoms with Crippen LogP contribution in [0.4, 0.5) is 0 Å². The second-order valence-corrected chi connectivity index (χ2v) is 8.03. The van der Waals surface area contributed by atoms with E-state index in [0.717, 1.165) is 27.8 Å². The van der Waals surface area contributed by atoms with Gasteiger partial charge in [0.05, 0.1) is 8.95 Å². The number of rotatable bonds is 4. The van der Waals surface area contributed by atoms with Crippen molar-refractivity contribution in [3.05, 3.63) is 85.3 Å². The Morgan fingerprint density at radius 1 is 0.731 bits per heavy atom. The van der Waals surface area contributed by atoms with Gasteiger partial charge in [0.15, 0.2) is 0 Å². The van der Waals surface area contributed by atoms with Crippen LogP contribution in [0, 0.1) is 6.92 Å². The number of aromatic hydroxyl groups is 3. The number of hydrogen-bond acceptors (Lipinski definition) is 3. The molecule has 0 heterocycles. The smallest absolute Gasteiger partial charge is 0.133 e. The second-order valence-electron chi connectivity index (χ2n) is 6.32. The SMILES string of the molecule is Cc1cc(Cc2ccc(O)c(Br)c2)c(O)c(Cc2cccc(Br)c2O)c1. The van der Waals surface area contributed by atoms with Gasteiger partial charge >= 0.3 is 0 Å². The predicted molar refractivity (Wildman–Crippen MR) is 110 cm³/mol. The van der Waals surface area contributed by atoms with Crippen LogP contribution in [-0.2, 0) is 12.8 Å². The van der Waals surface area contributed by atoms with Crippen LogP contribution in [0.15, 0.2) is 57.5 Å². The van der Waals surface area contributed by atoms with Gasteiger partial charge in [-0.3, -0.25) is 0 Å². The van der Waals surface area contributed by atoms with E-state index in [0.29, 0.717) is 21.8 Å². The number of aryl methyl sites for hydroxylation is 1. The molecule has 3 rings (SSSR count). The predicted octanol–water partition coefficient (Wildman–Crippen LogP) is 5.82. The first-order valence-corrected chi connectivity index (χ1v) is 9.69. The van der Waals surface area contributed by atoms with Crippen LogP contribution in [0.5, 0.6) is 17.2 Å². The summed E-state index contributed by atoms with van der Waals surface area (Å²) in [6.45, 7) is 1.99. The molecule has 0 bridgehead atoms. The molecule has 0 unspecified atom stereocenters. The summed E-state index contributed by atoms with van der Waals surface area (Å²) in [5.74, 6) is 0.615. The van der Waals surface area contributed by atoms with Gasteiger partial charge in [0, 0.05) is 12.8 Å². The molecule has 0 amide bonds. The zero-order chi connectivity index (χ0) is 18.8. The van der Waals surface area contributed by atoms with E-state index in [2.05, 4.69) is 31.9 Å². The van der Waals surface area contributed by atoms with E-state index in [9.17, 15) is 15.3 Å². The van der Waals surface area contributed by atoms with E-state index < -0.39 is 0 Å². The van der Waals surface area contributed by atoms with Gasteiger partial charge < -0.3 is 15.3 Å². The Balaban J connectivity index is 1.95. The van der Waals surface area contributed by atoms with E-state index in [1.165, 1.54) is 0 Å². The monoisotopic (exact) mass is 476 g/mol. The molecule has 5 heteroatoms. The zero-order valence-electron chi connectivity index (χ0n) is 14.1. The third kappa shape index (κ3) is 4.05. The molecule has 3 N–H and O–H groups in total. The fourth-order valence-corrected chi connectivity index (χ4v) is 3.83. The zero-order valence-corrected chi connectivity index (χ0v) is 17.3. The molecule has 0 saturated heterocycles. The van der Waals surface area contributed by atoms with Crippen LogP contribution in [0.2, 0.25) is 0 Å². The van der Waals surface area contributed by atoms with Gasteiger partial charge in [-0.05, 0) is 79.2 Å². The molecular formula is C21H18Br2O3. The van der Waals surface area contributed by atoms with E-state index >= 15 is 0 Å². The van der Waals surface area contributed by atoms with E-state index in [1.807, 2.05) is 43.3 Å². The first-order chi connectivity index (χ1) is 12.3. The second kappa shape index (κ2) is 7.72. The summed E-state index contributed by atoms with van der Waals surface area (Å²) in [6.07, 6.45) is 0.981. The molecule has 134 valence electrons. The standard InChI is InChI=1S/C21H18Br2O3/c1-12-7-15(9-13-5-6-19(24)18(23)10-13)20(25)16(8-12)11-14-3-2-4-17(22)21(14)26/h2-8,10,24-26H,9,11H2,1H3. The topological polar surface area (TPSA) is 60.7 Å². The molecule has 3 aromatic rings. The fraction of sp³-hybridized carbons (Fsp3) is 0.143. The minimum atomic E-state index is 0.188. The van der Waals surface area contributed by atoms with E-state index in [-0.39, 0.29) is 17.2 Å². The van der Waals surface area contributed by atoms with Gasteiger partial charge in [-0.15, -0.1) is 0 Å². The number of halogens is 2. The van der Waals surface area contributed by atoms with Gasteiger partial charge in [0.2, 0.25) is 0 Å². The van der Waals surface area contributed by atoms with Crippen molar-refractivity contribution >= 4 is 31.9 Å². The molecule has 0 radical (unpaired) electrons. The van der Waals surface area contributed by atoms with Gasteiger partial charge in [-0.25, -0.2) is 0 Å². The fourth-order valence-electron chi connectivity index (χ4n) is 2.99. The molecule has 0 spiro atoms. The molecule has 0 aliphatic heterocycles. The Hall–Kier alpha value is -1.98. The highest BCUT2D eigenvalue weighted by Crippen LogP contribution is 2.34. The molecule has 0 fully saturated rings. The van der Waals surface area contributed by atoms with Crippen LogP contribution in [0.25, 0.3) is 0 Å². The third-order valence-electron chi connectivity index (χ3n) is 4.27. The highest BCUT2D eigenvalue weighted by molar-refractivity contribution is 9.10. The van der Waals surface area contributed by atoms with Crippen molar-refractivity contribution in [2.24, 2.45) is 0 Å². The molecule has 3 aromatic carbocycles. The molecule has 0 aliphatic carbocycles. The lowest BCUT2D eigenvalue weighted by Gasteiger charge is -2.13. The van der Waals surface area contributed by atoms with Crippen molar-refractivity contribution in [1.29, 1.82) is 0 Å². The minimum absolute atomic E-state index is 0.188. The number of hydrogen-bond donors (Lipinski definition) is 3. The van der Waals surface area contributed by atoms with Crippen LogP contribution in [-0.4, -0.2) is 15.3 Å². The van der Waals surface area contributed by atoms with Gasteiger partial charge in [-0.1, -0.05) is 35.9 Å². The highest BCUT2D eigenvalue weighted by Gasteiger charge is 2.13. The number of phenolic OH excluding ortho intramolecular Hbond substituents is 3. The van der Waals surface area contributed by atoms with Crippen molar-refractivity contribution < 1.29 is 15.3 Å². The highest BCUT2D eigenvalue weighted by atomic mass is 79.9. The molecule has 0 aliphatic rings. The molecule has 0 saturated carbocycles. The average Bonchev–Trinajstić information content (AvgIpc) is 2.59. The van der Waals surface area contributed by atoms with Gasteiger partial charge in [0.1, 0.15) is 17.2 Å². The first-order valence-electron chi connectivity index (χ1n) is 8.10. The lowest BCUT2D eigenvalue weighted by molar-refractivity contribution is 0.458. The lowest BCUT2D eigenvalue weighted by Crippen LogP contribution is -1.97. The van der Waals surface area contributed by atoms with Crippen LogP contribution >= 0.6 is 31.9 Å². The van der Waals surface area contributed by atoms with Crippen LogP contribution < -0.4 is 0 Å². The molecule has 0 atom stereocenters. The number of para-hydroxylation sites is 1. The van der Waals surface area contributed by atoms with Gasteiger partial charge in [0.25, 0.3) is 0 Å². The summed E-state index contributed by atoms with van der Waals surface area (Å²) in [4.78, 5) is 0. The molecule has 26 heavy (non-hydrogen) atoms. The van der Waals surface area contributed by atoms with Crippen molar-refractivity contribution in [3.63, 3.8) is 0 Å². The van der Waals surface area contributed by atoms with Crippen LogP contribution in [0.1, 0.15) is 27.8 Å². The summed E-state index contributed by atoms with van der Waals surface area (Å²) in [6, 6.07) is 14.7. The van der Waals surface area contributed by atoms with Crippen molar-refractivity contribution in [1.82, 2.24) is 0 Å². The van der Waals surface area contributed by atoms with E-state index in [1.54, 1.807) is 12.1 Å². The minimum Gasteiger partial charge on any atom is -0.507 e. The summed E-state index contributed by atoms with van der Waals surface area (Å²) in [5.41, 5.74) is 4.35. The summed E-state index contributed by atoms with van der Waals surface area (Å²) in [7, 11) is 0. The normalized spacial score (nSPS) is 10.9. The Morgan fingerprint density at radius 3 is 2.12 bits per heavy atom. The largest absolute Gasteiger partial charge is 0.507 e. The Bertz CT molecular complexity index is 968. The van der Waals surface area contributed by atoms with Crippen LogP contribution in [0.3, 0.4) is 0 Å². The van der Waals surface area contributed by atoms with E-state index in [4.69, 9.17) is 0 Å². The maximum Gasteiger partial charge on any atom is 0.133 e. The first kappa shape index (κ1) is 18.8. The van der Waals surface area contributed by atoms with Crippen molar-refractivity contribution in [2.75, 3.05) is 0 Å². The maximum absolute atomic E-state index is 10.8. The Kier molecular flexibility index (Phi) is 5.58. The number of benzene rings is 3. The Labute approximate surface area is 169 Å². The molecule has 0 aromatic heterocycles. The summed E-state index contributed by atoms with van der Waals surface area (Å²) >= 11 is 6.65. The van der Waals surface area contributed by atoms with Gasteiger partial charge in [-0.2, -0.15) is 0 Å². The summed E-state index contributed by atoms with van der Waals surface area (Å²) in [5, 5.41) is 30.6. The van der Waals surface area contributed by atoms with Crippen molar-refractivity contribution in [3.8, 4) is 17.2 Å². The Morgan fingerprint density at radius 2 is 1.42 bits per heavy atom.